The Morgan fingerprint density at radius 3 is 3.06 bits per heavy atom. The Morgan fingerprint density at radius 2 is 2.47 bits per heavy atom. The molecule has 2 atom stereocenters. The fourth-order valence-electron chi connectivity index (χ4n) is 2.21. The molecule has 17 heavy (non-hydrogen) atoms. The van der Waals surface area contributed by atoms with Crippen molar-refractivity contribution < 1.29 is 4.79 Å². The highest BCUT2D eigenvalue weighted by molar-refractivity contribution is 9.10. The van der Waals surface area contributed by atoms with Crippen LogP contribution in [0.3, 0.4) is 0 Å². The van der Waals surface area contributed by atoms with Gasteiger partial charge in [0.1, 0.15) is 4.88 Å². The summed E-state index contributed by atoms with van der Waals surface area (Å²) in [4.78, 5) is 15.1. The molecule has 5 heteroatoms. The normalized spacial score (nSPS) is 22.5. The van der Waals surface area contributed by atoms with Crippen LogP contribution in [0.15, 0.2) is 15.9 Å². The Morgan fingerprint density at radius 1 is 1.71 bits per heavy atom. The lowest BCUT2D eigenvalue weighted by Gasteiger charge is -2.34. The van der Waals surface area contributed by atoms with Crippen molar-refractivity contribution in [3.63, 3.8) is 0 Å². The number of nitrogens with zero attached hydrogens (tertiary/aromatic N) is 1. The van der Waals surface area contributed by atoms with Crippen molar-refractivity contribution in [3.8, 4) is 0 Å². The van der Waals surface area contributed by atoms with E-state index < -0.39 is 0 Å². The van der Waals surface area contributed by atoms with E-state index in [-0.39, 0.29) is 11.9 Å². The third-order valence-electron chi connectivity index (χ3n) is 3.30. The molecule has 1 aromatic rings. The summed E-state index contributed by atoms with van der Waals surface area (Å²) in [6.07, 6.45) is 2.19. The minimum Gasteiger partial charge on any atom is -0.338 e. The van der Waals surface area contributed by atoms with Gasteiger partial charge in [-0.1, -0.05) is 0 Å². The van der Waals surface area contributed by atoms with Crippen LogP contribution in [0, 0.1) is 5.92 Å². The van der Waals surface area contributed by atoms with Crippen molar-refractivity contribution in [3.05, 3.63) is 20.8 Å². The molecule has 0 aliphatic carbocycles. The predicted octanol–water partition coefficient (Wildman–Crippen LogP) is 2.71. The van der Waals surface area contributed by atoms with Crippen LogP contribution in [0.5, 0.6) is 0 Å². The van der Waals surface area contributed by atoms with Gasteiger partial charge in [0.15, 0.2) is 0 Å². The van der Waals surface area contributed by atoms with Crippen LogP contribution in [0.4, 0.5) is 0 Å². The molecule has 1 aromatic heterocycles. The van der Waals surface area contributed by atoms with Gasteiger partial charge in [0.2, 0.25) is 0 Å². The van der Waals surface area contributed by atoms with Gasteiger partial charge < -0.3 is 10.6 Å². The first kappa shape index (κ1) is 13.1. The molecule has 1 saturated heterocycles. The van der Waals surface area contributed by atoms with E-state index in [1.807, 2.05) is 23.3 Å². The van der Waals surface area contributed by atoms with Gasteiger partial charge in [0, 0.05) is 23.6 Å². The summed E-state index contributed by atoms with van der Waals surface area (Å²) in [5, 5.41) is 1.93. The molecule has 2 heterocycles. The maximum atomic E-state index is 12.3. The monoisotopic (exact) mass is 316 g/mol. The highest BCUT2D eigenvalue weighted by Crippen LogP contribution is 2.27. The van der Waals surface area contributed by atoms with Crippen LogP contribution in [-0.2, 0) is 0 Å². The first-order valence-corrected chi connectivity index (χ1v) is 7.54. The van der Waals surface area contributed by atoms with Gasteiger partial charge in [-0.2, -0.15) is 0 Å². The van der Waals surface area contributed by atoms with Gasteiger partial charge in [-0.05, 0) is 53.1 Å². The summed E-state index contributed by atoms with van der Waals surface area (Å²) in [5.41, 5.74) is 5.93. The van der Waals surface area contributed by atoms with Crippen molar-refractivity contribution in [2.24, 2.45) is 11.7 Å². The average molecular weight is 317 g/mol. The maximum absolute atomic E-state index is 12.3. The van der Waals surface area contributed by atoms with Crippen LogP contribution in [0.25, 0.3) is 0 Å². The largest absolute Gasteiger partial charge is 0.338 e. The predicted molar refractivity (Wildman–Crippen MR) is 74.3 cm³/mol. The van der Waals surface area contributed by atoms with Crippen LogP contribution >= 0.6 is 27.3 Å². The fourth-order valence-corrected chi connectivity index (χ4v) is 3.72. The number of halogens is 1. The quantitative estimate of drug-likeness (QED) is 0.911. The molecule has 3 nitrogen and oxygen atoms in total. The highest BCUT2D eigenvalue weighted by atomic mass is 79.9. The molecule has 2 rings (SSSR count). The topological polar surface area (TPSA) is 46.3 Å². The summed E-state index contributed by atoms with van der Waals surface area (Å²) in [5.74, 6) is 0.573. The van der Waals surface area contributed by atoms with Crippen molar-refractivity contribution in [2.75, 3.05) is 13.1 Å². The molecular formula is C12H17BrN2OS. The Bertz CT molecular complexity index is 405. The highest BCUT2D eigenvalue weighted by Gasteiger charge is 2.27. The van der Waals surface area contributed by atoms with Crippen molar-refractivity contribution in [1.29, 1.82) is 0 Å². The zero-order chi connectivity index (χ0) is 12.4. The van der Waals surface area contributed by atoms with Crippen molar-refractivity contribution >= 4 is 33.2 Å². The lowest BCUT2D eigenvalue weighted by atomic mass is 9.92. The minimum absolute atomic E-state index is 0.136. The number of piperidine rings is 1. The van der Waals surface area contributed by atoms with Gasteiger partial charge >= 0.3 is 0 Å². The summed E-state index contributed by atoms with van der Waals surface area (Å²) >= 11 is 4.91. The molecule has 0 saturated carbocycles. The smallest absolute Gasteiger partial charge is 0.265 e. The Balaban J connectivity index is 2.07. The summed E-state index contributed by atoms with van der Waals surface area (Å²) in [6.45, 7) is 3.67. The third kappa shape index (κ3) is 2.89. The second kappa shape index (κ2) is 5.50. The van der Waals surface area contributed by atoms with Crippen LogP contribution < -0.4 is 5.73 Å². The van der Waals surface area contributed by atoms with Crippen molar-refractivity contribution in [1.82, 2.24) is 4.90 Å². The SMILES string of the molecule is C[C@@H](N)[C@@H]1CCCN(C(=O)c2sccc2Br)C1. The molecule has 1 amide bonds. The van der Waals surface area contributed by atoms with E-state index in [0.717, 1.165) is 35.3 Å². The Hall–Kier alpha value is -0.390. The maximum Gasteiger partial charge on any atom is 0.265 e. The molecule has 0 unspecified atom stereocenters. The molecule has 0 spiro atoms. The molecule has 2 N–H and O–H groups in total. The molecule has 0 radical (unpaired) electrons. The van der Waals surface area contributed by atoms with E-state index in [4.69, 9.17) is 5.73 Å². The third-order valence-corrected chi connectivity index (χ3v) is 5.13. The zero-order valence-corrected chi connectivity index (χ0v) is 12.3. The molecule has 1 fully saturated rings. The van der Waals surface area contributed by atoms with Crippen molar-refractivity contribution in [2.45, 2.75) is 25.8 Å². The van der Waals surface area contributed by atoms with Crippen LogP contribution in [-0.4, -0.2) is 29.9 Å². The average Bonchev–Trinajstić information content (AvgIpc) is 2.74. The van der Waals surface area contributed by atoms with E-state index in [2.05, 4.69) is 15.9 Å². The van der Waals surface area contributed by atoms with E-state index in [1.165, 1.54) is 11.3 Å². The minimum atomic E-state index is 0.136. The molecule has 0 aromatic carbocycles. The number of hydrogen-bond acceptors (Lipinski definition) is 3. The number of hydrogen-bond donors (Lipinski definition) is 1. The van der Waals surface area contributed by atoms with Gasteiger partial charge in [-0.15, -0.1) is 11.3 Å². The molecular weight excluding hydrogens is 300 g/mol. The first-order valence-electron chi connectivity index (χ1n) is 5.87. The summed E-state index contributed by atoms with van der Waals surface area (Å²) in [7, 11) is 0. The van der Waals surface area contributed by atoms with Crippen LogP contribution in [0.1, 0.15) is 29.4 Å². The van der Waals surface area contributed by atoms with Crippen LogP contribution in [0.2, 0.25) is 0 Å². The summed E-state index contributed by atoms with van der Waals surface area (Å²) < 4.78 is 0.899. The lowest BCUT2D eigenvalue weighted by Crippen LogP contribution is -2.44. The molecule has 0 bridgehead atoms. The van der Waals surface area contributed by atoms with Gasteiger partial charge in [-0.25, -0.2) is 0 Å². The number of carbonyl (C=O) groups is 1. The summed E-state index contributed by atoms with van der Waals surface area (Å²) in [6, 6.07) is 2.09. The number of likely N-dealkylation sites (tertiary alicyclic amines) is 1. The van der Waals surface area contributed by atoms with E-state index in [1.54, 1.807) is 0 Å². The second-order valence-corrected chi connectivity index (χ2v) is 6.38. The zero-order valence-electron chi connectivity index (χ0n) is 9.86. The van der Waals surface area contributed by atoms with E-state index in [0.29, 0.717) is 5.92 Å². The fraction of sp³-hybridized carbons (Fsp3) is 0.583. The first-order chi connectivity index (χ1) is 8.09. The Labute approximate surface area is 114 Å². The lowest BCUT2D eigenvalue weighted by molar-refractivity contribution is 0.0665. The number of nitrogens with two attached hydrogens (primary N) is 1. The molecule has 1 aliphatic rings. The molecule has 94 valence electrons. The number of rotatable bonds is 2. The Kier molecular flexibility index (Phi) is 4.22. The van der Waals surface area contributed by atoms with Gasteiger partial charge in [-0.3, -0.25) is 4.79 Å². The number of thiophene rings is 1. The van der Waals surface area contributed by atoms with E-state index in [9.17, 15) is 4.79 Å². The standard InChI is InChI=1S/C12H17BrN2OS/c1-8(14)9-3-2-5-15(7-9)12(16)11-10(13)4-6-17-11/h4,6,8-9H,2-3,5,7,14H2,1H3/t8-,9-/m1/s1. The van der Waals surface area contributed by atoms with E-state index >= 15 is 0 Å². The van der Waals surface area contributed by atoms with Gasteiger partial charge in [0.25, 0.3) is 5.91 Å². The molecule has 1 aliphatic heterocycles. The number of amides is 1. The number of carbonyl (C=O) groups excluding carboxylic acids is 1. The second-order valence-electron chi connectivity index (χ2n) is 4.61. The van der Waals surface area contributed by atoms with Gasteiger partial charge in [0.05, 0.1) is 0 Å².